The molecule has 3 rings (SSSR count). The maximum atomic E-state index is 12.6. The summed E-state index contributed by atoms with van der Waals surface area (Å²) in [7, 11) is 0. The summed E-state index contributed by atoms with van der Waals surface area (Å²) in [4.78, 5) is 15.8. The number of thiophene rings is 1. The molecule has 1 fully saturated rings. The lowest BCUT2D eigenvalue weighted by Gasteiger charge is -2.23. The van der Waals surface area contributed by atoms with E-state index in [4.69, 9.17) is 0 Å². The third kappa shape index (κ3) is 2.73. The van der Waals surface area contributed by atoms with Gasteiger partial charge in [0.05, 0.1) is 0 Å². The average Bonchev–Trinajstić information content (AvgIpc) is 3.09. The van der Waals surface area contributed by atoms with Crippen LogP contribution in [0, 0.1) is 0 Å². The molecule has 0 N–H and O–H groups in total. The maximum absolute atomic E-state index is 12.6. The van der Waals surface area contributed by atoms with E-state index in [-0.39, 0.29) is 11.3 Å². The number of hydrogen-bond acceptors (Lipinski definition) is 3. The Morgan fingerprint density at radius 2 is 2.05 bits per heavy atom. The van der Waals surface area contributed by atoms with Crippen molar-refractivity contribution in [2.75, 3.05) is 12.3 Å². The van der Waals surface area contributed by atoms with Crippen LogP contribution in [0.4, 0.5) is 0 Å². The minimum Gasteiger partial charge on any atom is -0.321 e. The minimum atomic E-state index is 0.121. The molecular weight excluding hydrogens is 342 g/mol. The van der Waals surface area contributed by atoms with E-state index in [0.717, 1.165) is 22.3 Å². The van der Waals surface area contributed by atoms with Crippen LogP contribution in [0.3, 0.4) is 0 Å². The van der Waals surface area contributed by atoms with Gasteiger partial charge in [-0.1, -0.05) is 22.0 Å². The summed E-state index contributed by atoms with van der Waals surface area (Å²) in [5.74, 6) is 1.13. The normalized spacial score (nSPS) is 18.8. The Kier molecular flexibility index (Phi) is 3.96. The molecule has 98 valence electrons. The predicted molar refractivity (Wildman–Crippen MR) is 84.7 cm³/mol. The summed E-state index contributed by atoms with van der Waals surface area (Å²) < 4.78 is 0.995. The molecule has 0 radical (unpaired) electrons. The zero-order chi connectivity index (χ0) is 13.2. The van der Waals surface area contributed by atoms with Crippen LogP contribution in [0.1, 0.15) is 20.6 Å². The van der Waals surface area contributed by atoms with E-state index >= 15 is 0 Å². The number of carbonyl (C=O) groups is 1. The molecule has 1 saturated heterocycles. The molecule has 2 heterocycles. The van der Waals surface area contributed by atoms with Gasteiger partial charge in [0.15, 0.2) is 0 Å². The summed E-state index contributed by atoms with van der Waals surface area (Å²) in [6.07, 6.45) is 0. The van der Waals surface area contributed by atoms with Crippen molar-refractivity contribution in [1.29, 1.82) is 0 Å². The Hall–Kier alpha value is -0.780. The number of hydrogen-bond donors (Lipinski definition) is 0. The third-order valence-electron chi connectivity index (χ3n) is 3.03. The lowest BCUT2D eigenvalue weighted by Crippen LogP contribution is -2.30. The van der Waals surface area contributed by atoms with E-state index in [0.29, 0.717) is 0 Å². The van der Waals surface area contributed by atoms with Crippen molar-refractivity contribution >= 4 is 44.9 Å². The van der Waals surface area contributed by atoms with Gasteiger partial charge in [0, 0.05) is 27.2 Å². The number of halogens is 1. The second-order valence-electron chi connectivity index (χ2n) is 4.24. The van der Waals surface area contributed by atoms with Crippen molar-refractivity contribution in [2.24, 2.45) is 0 Å². The SMILES string of the molecule is O=C(c1ccc(Br)cc1)N1CCS[C@@H]1c1cccs1. The van der Waals surface area contributed by atoms with Crippen molar-refractivity contribution in [2.45, 2.75) is 5.37 Å². The molecule has 0 saturated carbocycles. The van der Waals surface area contributed by atoms with Gasteiger partial charge in [-0.15, -0.1) is 23.1 Å². The fraction of sp³-hybridized carbons (Fsp3) is 0.214. The first-order valence-corrected chi connectivity index (χ1v) is 8.69. The monoisotopic (exact) mass is 353 g/mol. The maximum Gasteiger partial charge on any atom is 0.255 e. The largest absolute Gasteiger partial charge is 0.321 e. The molecule has 1 aromatic heterocycles. The number of benzene rings is 1. The van der Waals surface area contributed by atoms with Crippen LogP contribution in [0.5, 0.6) is 0 Å². The topological polar surface area (TPSA) is 20.3 Å². The fourth-order valence-corrected chi connectivity index (χ4v) is 4.60. The number of nitrogens with zero attached hydrogens (tertiary/aromatic N) is 1. The first-order chi connectivity index (χ1) is 9.25. The predicted octanol–water partition coefficient (Wildman–Crippen LogP) is 4.40. The summed E-state index contributed by atoms with van der Waals surface area (Å²) >= 11 is 6.95. The first kappa shape index (κ1) is 13.2. The van der Waals surface area contributed by atoms with Gasteiger partial charge in [0.25, 0.3) is 5.91 Å². The Morgan fingerprint density at radius 1 is 1.26 bits per heavy atom. The van der Waals surface area contributed by atoms with Gasteiger partial charge in [-0.25, -0.2) is 0 Å². The van der Waals surface area contributed by atoms with E-state index in [9.17, 15) is 4.79 Å². The van der Waals surface area contributed by atoms with Crippen LogP contribution < -0.4 is 0 Å². The first-order valence-electron chi connectivity index (χ1n) is 5.97. The zero-order valence-corrected chi connectivity index (χ0v) is 13.3. The lowest BCUT2D eigenvalue weighted by atomic mass is 10.2. The molecule has 1 aliphatic heterocycles. The van der Waals surface area contributed by atoms with E-state index < -0.39 is 0 Å². The molecule has 2 aromatic rings. The summed E-state index contributed by atoms with van der Waals surface area (Å²) in [6, 6.07) is 11.7. The molecule has 1 aromatic carbocycles. The molecular formula is C14H12BrNOS2. The lowest BCUT2D eigenvalue weighted by molar-refractivity contribution is 0.0762. The molecule has 2 nitrogen and oxygen atoms in total. The minimum absolute atomic E-state index is 0.121. The highest BCUT2D eigenvalue weighted by molar-refractivity contribution is 9.10. The van der Waals surface area contributed by atoms with Crippen molar-refractivity contribution in [3.63, 3.8) is 0 Å². The smallest absolute Gasteiger partial charge is 0.255 e. The van der Waals surface area contributed by atoms with E-state index in [1.807, 2.05) is 47.0 Å². The van der Waals surface area contributed by atoms with Gasteiger partial charge in [0.2, 0.25) is 0 Å². The van der Waals surface area contributed by atoms with E-state index in [1.54, 1.807) is 11.3 Å². The van der Waals surface area contributed by atoms with Crippen LogP contribution in [-0.4, -0.2) is 23.1 Å². The Bertz CT molecular complexity index is 568. The van der Waals surface area contributed by atoms with Crippen molar-refractivity contribution in [1.82, 2.24) is 4.90 Å². The Balaban J connectivity index is 1.84. The van der Waals surface area contributed by atoms with Crippen LogP contribution in [0.2, 0.25) is 0 Å². The van der Waals surface area contributed by atoms with Gasteiger partial charge in [-0.05, 0) is 35.7 Å². The number of carbonyl (C=O) groups excluding carboxylic acids is 1. The second-order valence-corrected chi connectivity index (χ2v) is 7.33. The molecule has 1 aliphatic rings. The number of thioether (sulfide) groups is 1. The molecule has 0 unspecified atom stereocenters. The highest BCUT2D eigenvalue weighted by Gasteiger charge is 2.31. The zero-order valence-electron chi connectivity index (χ0n) is 10.1. The van der Waals surface area contributed by atoms with Crippen molar-refractivity contribution in [3.8, 4) is 0 Å². The second kappa shape index (κ2) is 5.69. The highest BCUT2D eigenvalue weighted by Crippen LogP contribution is 2.40. The van der Waals surface area contributed by atoms with Gasteiger partial charge in [-0.2, -0.15) is 0 Å². The van der Waals surface area contributed by atoms with Crippen molar-refractivity contribution in [3.05, 3.63) is 56.7 Å². The van der Waals surface area contributed by atoms with Crippen LogP contribution in [-0.2, 0) is 0 Å². The van der Waals surface area contributed by atoms with Crippen LogP contribution in [0.25, 0.3) is 0 Å². The quantitative estimate of drug-likeness (QED) is 0.797. The molecule has 19 heavy (non-hydrogen) atoms. The van der Waals surface area contributed by atoms with Crippen molar-refractivity contribution < 1.29 is 4.79 Å². The van der Waals surface area contributed by atoms with Crippen LogP contribution in [0.15, 0.2) is 46.3 Å². The van der Waals surface area contributed by atoms with Gasteiger partial charge < -0.3 is 4.90 Å². The summed E-state index contributed by atoms with van der Waals surface area (Å²) in [5, 5.41) is 2.24. The fourth-order valence-electron chi connectivity index (χ4n) is 2.10. The molecule has 5 heteroatoms. The molecule has 0 bridgehead atoms. The molecule has 1 amide bonds. The van der Waals surface area contributed by atoms with E-state index in [1.165, 1.54) is 4.88 Å². The standard InChI is InChI=1S/C14H12BrNOS2/c15-11-5-3-10(4-6-11)13(17)16-7-9-19-14(16)12-2-1-8-18-12/h1-6,8,14H,7,9H2/t14-/m1/s1. The van der Waals surface area contributed by atoms with Gasteiger partial charge >= 0.3 is 0 Å². The Morgan fingerprint density at radius 3 is 2.74 bits per heavy atom. The highest BCUT2D eigenvalue weighted by atomic mass is 79.9. The average molecular weight is 354 g/mol. The van der Waals surface area contributed by atoms with Crippen LogP contribution >= 0.6 is 39.0 Å². The Labute approximate surface area is 128 Å². The van der Waals surface area contributed by atoms with Gasteiger partial charge in [-0.3, -0.25) is 4.79 Å². The third-order valence-corrected chi connectivity index (χ3v) is 5.87. The summed E-state index contributed by atoms with van der Waals surface area (Å²) in [6.45, 7) is 0.822. The molecule has 0 aliphatic carbocycles. The number of rotatable bonds is 2. The van der Waals surface area contributed by atoms with Gasteiger partial charge in [0.1, 0.15) is 5.37 Å². The summed E-state index contributed by atoms with van der Waals surface area (Å²) in [5.41, 5.74) is 0.757. The molecule has 1 atom stereocenters. The van der Waals surface area contributed by atoms with E-state index in [2.05, 4.69) is 27.4 Å². The number of amides is 1. The molecule has 0 spiro atoms.